The van der Waals surface area contributed by atoms with Crippen molar-refractivity contribution in [3.8, 4) is 11.8 Å². The molecule has 0 N–H and O–H groups in total. The lowest BCUT2D eigenvalue weighted by atomic mass is 10.2. The maximum absolute atomic E-state index is 10.7. The zero-order chi connectivity index (χ0) is 9.68. The molecule has 0 atom stereocenters. The SMILES string of the molecule is CCc1nocc1C#CC(=O)OC. The van der Waals surface area contributed by atoms with Crippen LogP contribution in [0.4, 0.5) is 0 Å². The number of carbonyl (C=O) groups is 1. The Bertz CT molecular complexity index is 356. The molecule has 68 valence electrons. The largest absolute Gasteiger partial charge is 0.459 e. The molecule has 0 saturated carbocycles. The summed E-state index contributed by atoms with van der Waals surface area (Å²) in [7, 11) is 1.28. The van der Waals surface area contributed by atoms with E-state index >= 15 is 0 Å². The van der Waals surface area contributed by atoms with Crippen LogP contribution in [0.15, 0.2) is 10.8 Å². The molecular formula is C9H9NO3. The van der Waals surface area contributed by atoms with Crippen LogP contribution in [0.25, 0.3) is 0 Å². The first-order valence-electron chi connectivity index (χ1n) is 3.81. The van der Waals surface area contributed by atoms with Gasteiger partial charge in [-0.05, 0) is 12.3 Å². The van der Waals surface area contributed by atoms with Crippen molar-refractivity contribution in [2.24, 2.45) is 0 Å². The summed E-state index contributed by atoms with van der Waals surface area (Å²) in [6.07, 6.45) is 2.14. The fourth-order valence-electron chi connectivity index (χ4n) is 0.786. The van der Waals surface area contributed by atoms with Crippen LogP contribution in [-0.2, 0) is 16.0 Å². The van der Waals surface area contributed by atoms with Crippen LogP contribution in [0.2, 0.25) is 0 Å². The first kappa shape index (κ1) is 9.33. The Balaban J connectivity index is 2.82. The summed E-state index contributed by atoms with van der Waals surface area (Å²) in [5.41, 5.74) is 1.38. The fourth-order valence-corrected chi connectivity index (χ4v) is 0.786. The topological polar surface area (TPSA) is 52.3 Å². The highest BCUT2D eigenvalue weighted by molar-refractivity contribution is 5.89. The highest BCUT2D eigenvalue weighted by Crippen LogP contribution is 2.04. The number of rotatable bonds is 1. The molecule has 0 unspecified atom stereocenters. The van der Waals surface area contributed by atoms with Gasteiger partial charge in [0.05, 0.1) is 18.4 Å². The molecule has 0 amide bonds. The Morgan fingerprint density at radius 1 is 1.77 bits per heavy atom. The highest BCUT2D eigenvalue weighted by atomic mass is 16.5. The Hall–Kier alpha value is -1.76. The van der Waals surface area contributed by atoms with Gasteiger partial charge in [-0.3, -0.25) is 0 Å². The molecule has 0 bridgehead atoms. The minimum absolute atomic E-state index is 0.566. The zero-order valence-corrected chi connectivity index (χ0v) is 7.46. The predicted octanol–water partition coefficient (Wildman–Crippen LogP) is 0.761. The lowest BCUT2D eigenvalue weighted by Crippen LogP contribution is -1.94. The van der Waals surface area contributed by atoms with Gasteiger partial charge in [-0.15, -0.1) is 0 Å². The number of aryl methyl sites for hydroxylation is 1. The van der Waals surface area contributed by atoms with E-state index in [1.807, 2.05) is 6.92 Å². The molecule has 0 aromatic carbocycles. The minimum Gasteiger partial charge on any atom is -0.459 e. The van der Waals surface area contributed by atoms with Crippen LogP contribution in [-0.4, -0.2) is 18.2 Å². The second-order valence-corrected chi connectivity index (χ2v) is 2.27. The molecule has 0 radical (unpaired) electrons. The first-order valence-corrected chi connectivity index (χ1v) is 3.81. The summed E-state index contributed by atoms with van der Waals surface area (Å²) in [4.78, 5) is 10.7. The van der Waals surface area contributed by atoms with Gasteiger partial charge in [0, 0.05) is 5.92 Å². The van der Waals surface area contributed by atoms with Gasteiger partial charge in [-0.1, -0.05) is 12.1 Å². The lowest BCUT2D eigenvalue weighted by Gasteiger charge is -1.86. The van der Waals surface area contributed by atoms with Gasteiger partial charge >= 0.3 is 5.97 Å². The van der Waals surface area contributed by atoms with E-state index in [4.69, 9.17) is 4.52 Å². The second kappa shape index (κ2) is 4.31. The molecule has 1 aromatic rings. The summed E-state index contributed by atoms with van der Waals surface area (Å²) in [6.45, 7) is 1.93. The van der Waals surface area contributed by atoms with Crippen LogP contribution < -0.4 is 0 Å². The molecule has 1 rings (SSSR count). The zero-order valence-electron chi connectivity index (χ0n) is 7.46. The Morgan fingerprint density at radius 3 is 3.15 bits per heavy atom. The first-order chi connectivity index (χ1) is 6.27. The molecule has 4 heteroatoms. The maximum Gasteiger partial charge on any atom is 0.384 e. The van der Waals surface area contributed by atoms with E-state index in [0.717, 1.165) is 12.1 Å². The van der Waals surface area contributed by atoms with E-state index in [1.165, 1.54) is 13.4 Å². The van der Waals surface area contributed by atoms with Crippen LogP contribution in [0.1, 0.15) is 18.2 Å². The standard InChI is InChI=1S/C9H9NO3/c1-3-8-7(6-13-10-8)4-5-9(11)12-2/h6H,3H2,1-2H3. The van der Waals surface area contributed by atoms with Gasteiger partial charge in [-0.2, -0.15) is 0 Å². The van der Waals surface area contributed by atoms with Gasteiger partial charge in [0.2, 0.25) is 0 Å². The quantitative estimate of drug-likeness (QED) is 0.471. The molecule has 0 aliphatic rings. The number of nitrogens with zero attached hydrogens (tertiary/aromatic N) is 1. The third kappa shape index (κ3) is 2.34. The number of ether oxygens (including phenoxy) is 1. The number of carbonyl (C=O) groups excluding carboxylic acids is 1. The van der Waals surface area contributed by atoms with Crippen molar-refractivity contribution in [2.75, 3.05) is 7.11 Å². The van der Waals surface area contributed by atoms with Gasteiger partial charge in [0.15, 0.2) is 0 Å². The van der Waals surface area contributed by atoms with E-state index in [9.17, 15) is 4.79 Å². The molecule has 4 nitrogen and oxygen atoms in total. The molecule has 0 saturated heterocycles. The van der Waals surface area contributed by atoms with Crippen LogP contribution in [0, 0.1) is 11.8 Å². The van der Waals surface area contributed by atoms with Gasteiger partial charge in [0.1, 0.15) is 6.26 Å². The monoisotopic (exact) mass is 179 g/mol. The molecular weight excluding hydrogens is 170 g/mol. The third-order valence-corrected chi connectivity index (χ3v) is 1.46. The van der Waals surface area contributed by atoms with E-state index in [2.05, 4.69) is 21.7 Å². The van der Waals surface area contributed by atoms with Crippen molar-refractivity contribution < 1.29 is 14.1 Å². The normalized spacial score (nSPS) is 8.77. The summed E-state index contributed by atoms with van der Waals surface area (Å²) >= 11 is 0. The molecule has 0 fully saturated rings. The van der Waals surface area contributed by atoms with Crippen molar-refractivity contribution in [3.63, 3.8) is 0 Å². The van der Waals surface area contributed by atoms with Crippen molar-refractivity contribution in [2.45, 2.75) is 13.3 Å². The lowest BCUT2D eigenvalue weighted by molar-refractivity contribution is -0.133. The van der Waals surface area contributed by atoms with E-state index in [1.54, 1.807) is 0 Å². The molecule has 0 spiro atoms. The molecule has 0 aliphatic heterocycles. The van der Waals surface area contributed by atoms with Crippen LogP contribution in [0.3, 0.4) is 0 Å². The van der Waals surface area contributed by atoms with E-state index < -0.39 is 5.97 Å². The minimum atomic E-state index is -0.566. The summed E-state index contributed by atoms with van der Waals surface area (Å²) in [5.74, 6) is 4.35. The third-order valence-electron chi connectivity index (χ3n) is 1.46. The smallest absolute Gasteiger partial charge is 0.384 e. The van der Waals surface area contributed by atoms with E-state index in [-0.39, 0.29) is 0 Å². The summed E-state index contributed by atoms with van der Waals surface area (Å²) < 4.78 is 9.06. The van der Waals surface area contributed by atoms with Crippen molar-refractivity contribution >= 4 is 5.97 Å². The molecule has 1 aromatic heterocycles. The van der Waals surface area contributed by atoms with Crippen molar-refractivity contribution in [3.05, 3.63) is 17.5 Å². The number of hydrogen-bond acceptors (Lipinski definition) is 4. The molecule has 1 heterocycles. The molecule has 0 aliphatic carbocycles. The fraction of sp³-hybridized carbons (Fsp3) is 0.333. The predicted molar refractivity (Wildman–Crippen MR) is 44.8 cm³/mol. The average molecular weight is 179 g/mol. The van der Waals surface area contributed by atoms with Crippen LogP contribution in [0.5, 0.6) is 0 Å². The van der Waals surface area contributed by atoms with Crippen molar-refractivity contribution in [1.29, 1.82) is 0 Å². The number of aromatic nitrogens is 1. The average Bonchev–Trinajstić information content (AvgIpc) is 2.61. The highest BCUT2D eigenvalue weighted by Gasteiger charge is 2.01. The van der Waals surface area contributed by atoms with Gasteiger partial charge in [0.25, 0.3) is 0 Å². The maximum atomic E-state index is 10.7. The second-order valence-electron chi connectivity index (χ2n) is 2.27. The van der Waals surface area contributed by atoms with Crippen molar-refractivity contribution in [1.82, 2.24) is 5.16 Å². The Labute approximate surface area is 75.9 Å². The Morgan fingerprint density at radius 2 is 2.54 bits per heavy atom. The van der Waals surface area contributed by atoms with Gasteiger partial charge in [-0.25, -0.2) is 4.79 Å². The number of hydrogen-bond donors (Lipinski definition) is 0. The number of methoxy groups -OCH3 is 1. The summed E-state index contributed by atoms with van der Waals surface area (Å²) in [5, 5.41) is 3.71. The van der Waals surface area contributed by atoms with Gasteiger partial charge < -0.3 is 9.26 Å². The number of esters is 1. The Kier molecular flexibility index (Phi) is 3.09. The molecule has 13 heavy (non-hydrogen) atoms. The van der Waals surface area contributed by atoms with E-state index in [0.29, 0.717) is 5.56 Å². The summed E-state index contributed by atoms with van der Waals surface area (Å²) in [6, 6.07) is 0. The van der Waals surface area contributed by atoms with Crippen LogP contribution >= 0.6 is 0 Å².